The zero-order valence-corrected chi connectivity index (χ0v) is 10.1. The van der Waals surface area contributed by atoms with E-state index in [1.165, 1.54) is 19.2 Å². The van der Waals surface area contributed by atoms with Gasteiger partial charge in [0.25, 0.3) is 5.92 Å². The van der Waals surface area contributed by atoms with E-state index in [9.17, 15) is 13.6 Å². The molecule has 3 atom stereocenters. The maximum atomic E-state index is 14.1. The van der Waals surface area contributed by atoms with Crippen molar-refractivity contribution in [1.29, 1.82) is 0 Å². The number of hydrogen-bond acceptors (Lipinski definition) is 4. The molecule has 2 heterocycles. The number of hydrogen-bond donors (Lipinski definition) is 1. The Morgan fingerprint density at radius 1 is 1.61 bits per heavy atom. The van der Waals surface area contributed by atoms with Crippen LogP contribution in [0.25, 0.3) is 0 Å². The second kappa shape index (κ2) is 4.31. The summed E-state index contributed by atoms with van der Waals surface area (Å²) < 4.78 is 34.2. The molecule has 0 radical (unpaired) electrons. The van der Waals surface area contributed by atoms with Gasteiger partial charge in [0.1, 0.15) is 5.82 Å². The number of anilines is 1. The molecule has 100 valence electrons. The molecule has 5 nitrogen and oxygen atoms in total. The summed E-state index contributed by atoms with van der Waals surface area (Å²) in [6, 6.07) is 1.30. The van der Waals surface area contributed by atoms with Crippen molar-refractivity contribution in [3.05, 3.63) is 22.7 Å². The van der Waals surface area contributed by atoms with Gasteiger partial charge in [-0.25, -0.2) is 13.6 Å². The quantitative estimate of drug-likeness (QED) is 0.871. The van der Waals surface area contributed by atoms with Crippen molar-refractivity contribution in [1.82, 2.24) is 9.55 Å². The number of nitrogens with two attached hydrogens (primary N) is 1. The van der Waals surface area contributed by atoms with E-state index in [-0.39, 0.29) is 5.82 Å². The van der Waals surface area contributed by atoms with Crippen molar-refractivity contribution in [3.8, 4) is 0 Å². The summed E-state index contributed by atoms with van der Waals surface area (Å²) in [7, 11) is 0. The third kappa shape index (κ3) is 1.88. The number of nitrogen functional groups attached to an aromatic ring is 1. The Hall–Kier alpha value is -1.50. The van der Waals surface area contributed by atoms with Gasteiger partial charge in [-0.1, -0.05) is 13.8 Å². The third-order valence-electron chi connectivity index (χ3n) is 3.30. The number of nitrogens with zero attached hydrogens (tertiary/aromatic N) is 2. The van der Waals surface area contributed by atoms with Gasteiger partial charge in [-0.15, -0.1) is 0 Å². The molecule has 1 saturated heterocycles. The lowest BCUT2D eigenvalue weighted by Crippen LogP contribution is -2.37. The lowest BCUT2D eigenvalue weighted by Gasteiger charge is -2.21. The van der Waals surface area contributed by atoms with Crippen molar-refractivity contribution < 1.29 is 13.5 Å². The Kier molecular flexibility index (Phi) is 3.10. The SMILES string of the molecule is CC[C@H]1O[C@@H](n2ccc(N)nc2=O)C(F)(F)[C@H]1C. The van der Waals surface area contributed by atoms with Crippen LogP contribution in [0.4, 0.5) is 14.6 Å². The van der Waals surface area contributed by atoms with E-state index in [0.717, 1.165) is 4.57 Å². The molecule has 0 spiro atoms. The number of ether oxygens (including phenoxy) is 1. The van der Waals surface area contributed by atoms with Crippen LogP contribution in [0, 0.1) is 5.92 Å². The van der Waals surface area contributed by atoms with Gasteiger partial charge in [0.2, 0.25) is 6.23 Å². The highest BCUT2D eigenvalue weighted by Crippen LogP contribution is 2.46. The van der Waals surface area contributed by atoms with Crippen molar-refractivity contribution in [3.63, 3.8) is 0 Å². The smallest absolute Gasteiger partial charge is 0.351 e. The van der Waals surface area contributed by atoms with Crippen molar-refractivity contribution in [2.45, 2.75) is 38.5 Å². The van der Waals surface area contributed by atoms with Crippen molar-refractivity contribution in [2.75, 3.05) is 5.73 Å². The zero-order valence-electron chi connectivity index (χ0n) is 10.1. The summed E-state index contributed by atoms with van der Waals surface area (Å²) in [5.41, 5.74) is 4.49. The zero-order chi connectivity index (χ0) is 13.5. The second-order valence-corrected chi connectivity index (χ2v) is 4.44. The topological polar surface area (TPSA) is 70.1 Å². The lowest BCUT2D eigenvalue weighted by atomic mass is 9.98. The first kappa shape index (κ1) is 12.9. The van der Waals surface area contributed by atoms with Crippen LogP contribution in [0.5, 0.6) is 0 Å². The van der Waals surface area contributed by atoms with E-state index in [1.54, 1.807) is 6.92 Å². The van der Waals surface area contributed by atoms with E-state index in [4.69, 9.17) is 10.5 Å². The summed E-state index contributed by atoms with van der Waals surface area (Å²) in [6.45, 7) is 3.19. The standard InChI is InChI=1S/C11H15F2N3O2/c1-3-7-6(2)11(12,13)9(18-7)16-5-4-8(14)15-10(16)17/h4-7,9H,3H2,1-2H3,(H2,14,15,17)/t6-,7+,9+/m0/s1. The summed E-state index contributed by atoms with van der Waals surface area (Å²) in [5.74, 6) is -4.06. The molecule has 2 N–H and O–H groups in total. The maximum Gasteiger partial charge on any atom is 0.351 e. The van der Waals surface area contributed by atoms with Crippen LogP contribution in [0.3, 0.4) is 0 Å². The number of alkyl halides is 2. The fraction of sp³-hybridized carbons (Fsp3) is 0.636. The van der Waals surface area contributed by atoms with Gasteiger partial charge >= 0.3 is 5.69 Å². The Morgan fingerprint density at radius 2 is 2.28 bits per heavy atom. The molecule has 1 aromatic heterocycles. The van der Waals surface area contributed by atoms with Crippen LogP contribution in [-0.4, -0.2) is 21.6 Å². The highest BCUT2D eigenvalue weighted by atomic mass is 19.3. The first-order valence-corrected chi connectivity index (χ1v) is 5.75. The second-order valence-electron chi connectivity index (χ2n) is 4.44. The fourth-order valence-corrected chi connectivity index (χ4v) is 2.15. The molecule has 0 aromatic carbocycles. The van der Waals surface area contributed by atoms with Crippen LogP contribution < -0.4 is 11.4 Å². The normalized spacial score (nSPS) is 30.6. The molecule has 1 aromatic rings. The molecule has 0 bridgehead atoms. The van der Waals surface area contributed by atoms with E-state index in [2.05, 4.69) is 4.98 Å². The molecule has 7 heteroatoms. The van der Waals surface area contributed by atoms with Crippen LogP contribution >= 0.6 is 0 Å². The summed E-state index contributed by atoms with van der Waals surface area (Å²) >= 11 is 0. The van der Waals surface area contributed by atoms with Crippen molar-refractivity contribution in [2.24, 2.45) is 5.92 Å². The Morgan fingerprint density at radius 3 is 2.78 bits per heavy atom. The molecule has 0 saturated carbocycles. The number of halogens is 2. The molecular formula is C11H15F2N3O2. The number of rotatable bonds is 2. The average molecular weight is 259 g/mol. The highest BCUT2D eigenvalue weighted by Gasteiger charge is 2.57. The van der Waals surface area contributed by atoms with Gasteiger partial charge < -0.3 is 10.5 Å². The minimum Gasteiger partial charge on any atom is -0.383 e. The van der Waals surface area contributed by atoms with Crippen LogP contribution in [-0.2, 0) is 4.74 Å². The van der Waals surface area contributed by atoms with Gasteiger partial charge in [0.15, 0.2) is 0 Å². The largest absolute Gasteiger partial charge is 0.383 e. The molecule has 1 aliphatic rings. The minimum atomic E-state index is -3.11. The monoisotopic (exact) mass is 259 g/mol. The van der Waals surface area contributed by atoms with E-state index >= 15 is 0 Å². The van der Waals surface area contributed by atoms with Crippen LogP contribution in [0.15, 0.2) is 17.1 Å². The van der Waals surface area contributed by atoms with Gasteiger partial charge in [0.05, 0.1) is 12.0 Å². The molecule has 0 unspecified atom stereocenters. The Bertz CT molecular complexity index is 503. The first-order valence-electron chi connectivity index (χ1n) is 5.75. The lowest BCUT2D eigenvalue weighted by molar-refractivity contribution is -0.125. The Labute approximate surface area is 103 Å². The Balaban J connectivity index is 2.42. The van der Waals surface area contributed by atoms with Crippen LogP contribution in [0.1, 0.15) is 26.5 Å². The number of aromatic nitrogens is 2. The van der Waals surface area contributed by atoms with Gasteiger partial charge in [-0.2, -0.15) is 4.98 Å². The summed E-state index contributed by atoms with van der Waals surface area (Å²) in [4.78, 5) is 15.0. The average Bonchev–Trinajstić information content (AvgIpc) is 2.52. The summed E-state index contributed by atoms with van der Waals surface area (Å²) in [5, 5.41) is 0. The highest BCUT2D eigenvalue weighted by molar-refractivity contribution is 5.23. The first-order chi connectivity index (χ1) is 8.37. The molecule has 18 heavy (non-hydrogen) atoms. The maximum absolute atomic E-state index is 14.1. The van der Waals surface area contributed by atoms with Crippen LogP contribution in [0.2, 0.25) is 0 Å². The molecular weight excluding hydrogens is 244 g/mol. The predicted octanol–water partition coefficient (Wildman–Crippen LogP) is 1.40. The molecule has 1 fully saturated rings. The predicted molar refractivity (Wildman–Crippen MR) is 61.2 cm³/mol. The molecule has 0 aliphatic carbocycles. The third-order valence-corrected chi connectivity index (χ3v) is 3.30. The van der Waals surface area contributed by atoms with E-state index in [1.807, 2.05) is 0 Å². The molecule has 1 aliphatic heterocycles. The van der Waals surface area contributed by atoms with E-state index < -0.39 is 29.9 Å². The minimum absolute atomic E-state index is 0.00217. The molecule has 0 amide bonds. The van der Waals surface area contributed by atoms with Crippen molar-refractivity contribution >= 4 is 5.82 Å². The molecule has 2 rings (SSSR count). The van der Waals surface area contributed by atoms with Gasteiger partial charge in [-0.3, -0.25) is 4.57 Å². The fourth-order valence-electron chi connectivity index (χ4n) is 2.15. The van der Waals surface area contributed by atoms with Gasteiger partial charge in [-0.05, 0) is 12.5 Å². The summed E-state index contributed by atoms with van der Waals surface area (Å²) in [6.07, 6.45) is -0.536. The van der Waals surface area contributed by atoms with E-state index in [0.29, 0.717) is 6.42 Å². The van der Waals surface area contributed by atoms with Gasteiger partial charge in [0, 0.05) is 6.20 Å².